The third-order valence-corrected chi connectivity index (χ3v) is 6.19. The van der Waals surface area contributed by atoms with Crippen molar-refractivity contribution in [3.05, 3.63) is 59.7 Å². The maximum absolute atomic E-state index is 13.2. The molecule has 3 heterocycles. The molecule has 4 rings (SSSR count). The van der Waals surface area contributed by atoms with Crippen LogP contribution in [0.1, 0.15) is 16.7 Å². The Morgan fingerprint density at radius 1 is 1.41 bits per heavy atom. The maximum atomic E-state index is 13.2. The van der Waals surface area contributed by atoms with Crippen molar-refractivity contribution in [2.75, 3.05) is 20.1 Å². The van der Waals surface area contributed by atoms with Crippen LogP contribution in [0.5, 0.6) is 0 Å². The number of hydrogen-bond donors (Lipinski definition) is 0. The number of nitrogens with zero attached hydrogens (tertiary/aromatic N) is 2. The summed E-state index contributed by atoms with van der Waals surface area (Å²) in [5.74, 6) is -0.904. The van der Waals surface area contributed by atoms with E-state index in [-0.39, 0.29) is 17.9 Å². The number of ether oxygens (including phenoxy) is 1. The second-order valence-corrected chi connectivity index (χ2v) is 8.02. The Bertz CT molecular complexity index is 846. The van der Waals surface area contributed by atoms with Crippen molar-refractivity contribution >= 4 is 11.8 Å². The molecule has 0 saturated carbocycles. The van der Waals surface area contributed by atoms with Gasteiger partial charge in [-0.3, -0.25) is 9.59 Å². The van der Waals surface area contributed by atoms with Gasteiger partial charge in [0.25, 0.3) is 0 Å². The minimum atomic E-state index is -0.656. The van der Waals surface area contributed by atoms with Gasteiger partial charge in [0.15, 0.2) is 0 Å². The smallest absolute Gasteiger partial charge is 0.230 e. The van der Waals surface area contributed by atoms with Gasteiger partial charge < -0.3 is 14.5 Å². The van der Waals surface area contributed by atoms with Gasteiger partial charge in [-0.2, -0.15) is 0 Å². The molecule has 0 aliphatic carbocycles. The number of amides is 2. The average molecular weight is 366 g/mol. The lowest BCUT2D eigenvalue weighted by Gasteiger charge is -2.27. The van der Waals surface area contributed by atoms with E-state index < -0.39 is 17.4 Å². The van der Waals surface area contributed by atoms with E-state index in [2.05, 4.69) is 38.6 Å². The molecule has 0 aromatic heterocycles. The normalized spacial score (nSPS) is 30.7. The predicted octanol–water partition coefficient (Wildman–Crippen LogP) is 2.23. The van der Waals surface area contributed by atoms with Crippen molar-refractivity contribution in [1.82, 2.24) is 9.80 Å². The molecule has 27 heavy (non-hydrogen) atoms. The SMILES string of the molecule is C=CCN(C)C(=O)C1C2C(=O)N(Cc3ccc(C)c(C)c3)C[C@]23C=C[C@H]1O3. The van der Waals surface area contributed by atoms with Crippen molar-refractivity contribution in [2.24, 2.45) is 11.8 Å². The van der Waals surface area contributed by atoms with E-state index in [4.69, 9.17) is 4.74 Å². The topological polar surface area (TPSA) is 49.9 Å². The highest BCUT2D eigenvalue weighted by Gasteiger charge is 2.66. The molecule has 2 unspecified atom stereocenters. The second kappa shape index (κ2) is 6.34. The number of fused-ring (bicyclic) bond motifs is 1. The number of likely N-dealkylation sites (N-methyl/N-ethyl adjacent to an activating group) is 1. The Morgan fingerprint density at radius 3 is 2.89 bits per heavy atom. The fourth-order valence-corrected chi connectivity index (χ4v) is 4.65. The largest absolute Gasteiger partial charge is 0.360 e. The molecule has 2 bridgehead atoms. The van der Waals surface area contributed by atoms with Crippen LogP contribution in [0.2, 0.25) is 0 Å². The Hall–Kier alpha value is -2.40. The highest BCUT2D eigenvalue weighted by atomic mass is 16.5. The first kappa shape index (κ1) is 18.0. The summed E-state index contributed by atoms with van der Waals surface area (Å²) in [6.07, 6.45) is 5.34. The number of likely N-dealkylation sites (tertiary alicyclic amines) is 1. The summed E-state index contributed by atoms with van der Waals surface area (Å²) in [5, 5.41) is 0. The Balaban J connectivity index is 1.58. The van der Waals surface area contributed by atoms with E-state index >= 15 is 0 Å². The second-order valence-electron chi connectivity index (χ2n) is 8.02. The number of hydrogen-bond acceptors (Lipinski definition) is 3. The molecule has 2 fully saturated rings. The molecular formula is C22H26N2O3. The van der Waals surface area contributed by atoms with Gasteiger partial charge in [-0.05, 0) is 30.5 Å². The molecule has 5 heteroatoms. The summed E-state index contributed by atoms with van der Waals surface area (Å²) in [5.41, 5.74) is 2.90. The van der Waals surface area contributed by atoms with Crippen LogP contribution in [0, 0.1) is 25.7 Å². The molecule has 4 atom stereocenters. The number of aryl methyl sites for hydroxylation is 2. The minimum absolute atomic E-state index is 0.0189. The van der Waals surface area contributed by atoms with Crippen molar-refractivity contribution < 1.29 is 14.3 Å². The van der Waals surface area contributed by atoms with Crippen LogP contribution in [0.25, 0.3) is 0 Å². The van der Waals surface area contributed by atoms with Gasteiger partial charge in [-0.1, -0.05) is 36.4 Å². The average Bonchev–Trinajstić information content (AvgIpc) is 3.26. The van der Waals surface area contributed by atoms with Crippen molar-refractivity contribution in [2.45, 2.75) is 32.1 Å². The Morgan fingerprint density at radius 2 is 2.19 bits per heavy atom. The first-order valence-corrected chi connectivity index (χ1v) is 9.44. The van der Waals surface area contributed by atoms with E-state index in [1.54, 1.807) is 18.0 Å². The highest BCUT2D eigenvalue weighted by Crippen LogP contribution is 2.52. The maximum Gasteiger partial charge on any atom is 0.230 e. The van der Waals surface area contributed by atoms with Crippen molar-refractivity contribution in [1.29, 1.82) is 0 Å². The zero-order valence-corrected chi connectivity index (χ0v) is 16.1. The number of benzene rings is 1. The Kier molecular flexibility index (Phi) is 4.22. The quantitative estimate of drug-likeness (QED) is 0.751. The molecule has 3 aliphatic heterocycles. The zero-order chi connectivity index (χ0) is 19.3. The van der Waals surface area contributed by atoms with Crippen LogP contribution >= 0.6 is 0 Å². The van der Waals surface area contributed by atoms with Crippen LogP contribution in [0.4, 0.5) is 0 Å². The lowest BCUT2D eigenvalue weighted by Crippen LogP contribution is -2.44. The van der Waals surface area contributed by atoms with Gasteiger partial charge in [0.2, 0.25) is 11.8 Å². The molecule has 3 aliphatic rings. The minimum Gasteiger partial charge on any atom is -0.360 e. The summed E-state index contributed by atoms with van der Waals surface area (Å²) >= 11 is 0. The lowest BCUT2D eigenvalue weighted by molar-refractivity contribution is -0.142. The van der Waals surface area contributed by atoms with E-state index in [1.165, 1.54) is 11.1 Å². The van der Waals surface area contributed by atoms with Gasteiger partial charge in [-0.25, -0.2) is 0 Å². The van der Waals surface area contributed by atoms with Gasteiger partial charge in [0, 0.05) is 20.1 Å². The van der Waals surface area contributed by atoms with Crippen LogP contribution in [0.15, 0.2) is 43.0 Å². The van der Waals surface area contributed by atoms with Gasteiger partial charge in [0.1, 0.15) is 5.60 Å². The molecule has 2 amide bonds. The third-order valence-electron chi connectivity index (χ3n) is 6.19. The number of carbonyl (C=O) groups excluding carboxylic acids is 2. The fraction of sp³-hybridized carbons (Fsp3) is 0.455. The number of rotatable bonds is 5. The van der Waals surface area contributed by atoms with E-state index in [1.807, 2.05) is 17.1 Å². The highest BCUT2D eigenvalue weighted by molar-refractivity contribution is 5.93. The third kappa shape index (κ3) is 2.72. The van der Waals surface area contributed by atoms with E-state index in [0.717, 1.165) is 5.56 Å². The Labute approximate surface area is 160 Å². The van der Waals surface area contributed by atoms with Gasteiger partial charge in [-0.15, -0.1) is 6.58 Å². The molecule has 142 valence electrons. The van der Waals surface area contributed by atoms with Gasteiger partial charge >= 0.3 is 0 Å². The molecule has 1 aromatic carbocycles. The lowest BCUT2D eigenvalue weighted by atomic mass is 9.76. The molecule has 0 N–H and O–H groups in total. The molecule has 0 radical (unpaired) electrons. The van der Waals surface area contributed by atoms with Crippen LogP contribution in [-0.4, -0.2) is 53.5 Å². The zero-order valence-electron chi connectivity index (χ0n) is 16.1. The molecule has 2 saturated heterocycles. The van der Waals surface area contributed by atoms with E-state index in [9.17, 15) is 9.59 Å². The predicted molar refractivity (Wildman–Crippen MR) is 103 cm³/mol. The van der Waals surface area contributed by atoms with Crippen molar-refractivity contribution in [3.63, 3.8) is 0 Å². The molecule has 1 aromatic rings. The van der Waals surface area contributed by atoms with Crippen LogP contribution in [0.3, 0.4) is 0 Å². The monoisotopic (exact) mass is 366 g/mol. The first-order valence-electron chi connectivity index (χ1n) is 9.44. The first-order chi connectivity index (χ1) is 12.9. The summed E-state index contributed by atoms with van der Waals surface area (Å²) in [4.78, 5) is 29.7. The summed E-state index contributed by atoms with van der Waals surface area (Å²) in [7, 11) is 1.75. The fourth-order valence-electron chi connectivity index (χ4n) is 4.65. The van der Waals surface area contributed by atoms with E-state index in [0.29, 0.717) is 19.6 Å². The molecule has 5 nitrogen and oxygen atoms in total. The van der Waals surface area contributed by atoms with Crippen molar-refractivity contribution in [3.8, 4) is 0 Å². The van der Waals surface area contributed by atoms with Crippen LogP contribution < -0.4 is 0 Å². The summed E-state index contributed by atoms with van der Waals surface area (Å²) < 4.78 is 6.18. The molecule has 1 spiro atoms. The summed E-state index contributed by atoms with van der Waals surface area (Å²) in [6.45, 7) is 9.37. The standard InChI is InChI=1S/C22H26N2O3/c1-5-10-23(4)20(25)18-17-8-9-22(27-17)13-24(21(26)19(18)22)12-16-7-6-14(2)15(3)11-16/h5-9,11,17-19H,1,10,12-13H2,2-4H3/t17-,18?,19?,22-/m1/s1. The van der Waals surface area contributed by atoms with Crippen LogP contribution in [-0.2, 0) is 20.9 Å². The summed E-state index contributed by atoms with van der Waals surface area (Å²) in [6, 6.07) is 6.28. The molecular weight excluding hydrogens is 340 g/mol. The number of carbonyl (C=O) groups is 2. The van der Waals surface area contributed by atoms with Gasteiger partial charge in [0.05, 0.1) is 24.5 Å².